The first-order chi connectivity index (χ1) is 8.98. The van der Waals surface area contributed by atoms with Gasteiger partial charge in [-0.15, -0.1) is 0 Å². The van der Waals surface area contributed by atoms with Crippen LogP contribution in [0.5, 0.6) is 5.75 Å². The normalized spacial score (nSPS) is 11.2. The number of aromatic hydroxyl groups is 1. The van der Waals surface area contributed by atoms with Crippen molar-refractivity contribution in [2.75, 3.05) is 11.6 Å². The number of aromatic nitrogens is 1. The molecule has 0 fully saturated rings. The maximum absolute atomic E-state index is 11.6. The van der Waals surface area contributed by atoms with Crippen molar-refractivity contribution in [1.29, 1.82) is 0 Å². The van der Waals surface area contributed by atoms with Crippen LogP contribution in [0.3, 0.4) is 0 Å². The molecular formula is C13H14N2O3S. The Bertz CT molecular complexity index is 684. The Morgan fingerprint density at radius 2 is 1.95 bits per heavy atom. The summed E-state index contributed by atoms with van der Waals surface area (Å²) in [4.78, 5) is 4.16. The fourth-order valence-electron chi connectivity index (χ4n) is 1.66. The largest absolute Gasteiger partial charge is 0.508 e. The molecule has 0 spiro atoms. The van der Waals surface area contributed by atoms with Crippen LogP contribution in [0.25, 0.3) is 0 Å². The van der Waals surface area contributed by atoms with Crippen molar-refractivity contribution in [3.05, 3.63) is 48.2 Å². The van der Waals surface area contributed by atoms with Gasteiger partial charge >= 0.3 is 0 Å². The summed E-state index contributed by atoms with van der Waals surface area (Å²) in [6.45, 7) is 0.298. The van der Waals surface area contributed by atoms with Crippen LogP contribution in [0.1, 0.15) is 5.56 Å². The minimum absolute atomic E-state index is 0.144. The summed E-state index contributed by atoms with van der Waals surface area (Å²) in [7, 11) is -3.34. The van der Waals surface area contributed by atoms with E-state index in [0.717, 1.165) is 6.26 Å². The highest BCUT2D eigenvalue weighted by Crippen LogP contribution is 2.21. The lowest BCUT2D eigenvalue weighted by atomic mass is 10.2. The summed E-state index contributed by atoms with van der Waals surface area (Å²) < 4.78 is 23.2. The van der Waals surface area contributed by atoms with Crippen LogP contribution in [0.4, 0.5) is 5.82 Å². The summed E-state index contributed by atoms with van der Waals surface area (Å²) in [5, 5.41) is 12.6. The predicted octanol–water partition coefficient (Wildman–Crippen LogP) is 1.80. The average molecular weight is 278 g/mol. The molecule has 19 heavy (non-hydrogen) atoms. The van der Waals surface area contributed by atoms with E-state index in [0.29, 0.717) is 12.1 Å². The molecular weight excluding hydrogens is 264 g/mol. The third-order valence-electron chi connectivity index (χ3n) is 2.61. The molecule has 100 valence electrons. The number of para-hydroxylation sites is 1. The zero-order chi connectivity index (χ0) is 13.9. The van der Waals surface area contributed by atoms with Crippen LogP contribution in [-0.4, -0.2) is 24.8 Å². The van der Waals surface area contributed by atoms with E-state index in [2.05, 4.69) is 10.3 Å². The molecule has 5 nitrogen and oxygen atoms in total. The molecule has 2 aromatic rings. The molecule has 0 aliphatic carbocycles. The van der Waals surface area contributed by atoms with Gasteiger partial charge in [0.05, 0.1) is 0 Å². The first-order valence-electron chi connectivity index (χ1n) is 5.64. The Morgan fingerprint density at radius 1 is 1.21 bits per heavy atom. The second-order valence-corrected chi connectivity index (χ2v) is 6.09. The van der Waals surface area contributed by atoms with E-state index in [1.165, 1.54) is 12.3 Å². The monoisotopic (exact) mass is 278 g/mol. The Balaban J connectivity index is 2.24. The number of phenolic OH excluding ortho intramolecular Hbond substituents is 1. The van der Waals surface area contributed by atoms with Gasteiger partial charge in [-0.2, -0.15) is 0 Å². The van der Waals surface area contributed by atoms with E-state index in [1.54, 1.807) is 30.3 Å². The van der Waals surface area contributed by atoms with Gasteiger partial charge in [-0.3, -0.25) is 0 Å². The number of hydrogen-bond donors (Lipinski definition) is 2. The van der Waals surface area contributed by atoms with E-state index in [9.17, 15) is 13.5 Å². The molecule has 1 aromatic heterocycles. The number of rotatable bonds is 4. The van der Waals surface area contributed by atoms with Crippen molar-refractivity contribution in [3.8, 4) is 5.75 Å². The molecule has 2 rings (SSSR count). The van der Waals surface area contributed by atoms with E-state index in [4.69, 9.17) is 0 Å². The number of sulfone groups is 1. The van der Waals surface area contributed by atoms with Crippen molar-refractivity contribution < 1.29 is 13.5 Å². The van der Waals surface area contributed by atoms with Gasteiger partial charge in [-0.1, -0.05) is 18.2 Å². The maximum Gasteiger partial charge on any atom is 0.179 e. The molecule has 0 saturated heterocycles. The fraction of sp³-hybridized carbons (Fsp3) is 0.154. The molecule has 0 bridgehead atoms. The van der Waals surface area contributed by atoms with Gasteiger partial charge in [0.2, 0.25) is 0 Å². The molecule has 1 aromatic carbocycles. The predicted molar refractivity (Wildman–Crippen MR) is 72.8 cm³/mol. The second-order valence-electron chi connectivity index (χ2n) is 4.10. The van der Waals surface area contributed by atoms with Crippen molar-refractivity contribution in [3.63, 3.8) is 0 Å². The lowest BCUT2D eigenvalue weighted by Gasteiger charge is -2.10. The number of benzene rings is 1. The molecule has 0 aliphatic heterocycles. The van der Waals surface area contributed by atoms with E-state index in [1.807, 2.05) is 0 Å². The zero-order valence-electron chi connectivity index (χ0n) is 10.4. The molecule has 0 aliphatic rings. The first-order valence-corrected chi connectivity index (χ1v) is 7.53. The van der Waals surface area contributed by atoms with Crippen LogP contribution in [0.15, 0.2) is 47.5 Å². The summed E-state index contributed by atoms with van der Waals surface area (Å²) in [6, 6.07) is 9.92. The number of anilines is 1. The van der Waals surface area contributed by atoms with Crippen molar-refractivity contribution >= 4 is 15.7 Å². The molecule has 0 radical (unpaired) electrons. The summed E-state index contributed by atoms with van der Waals surface area (Å²) in [5.41, 5.74) is 0.674. The SMILES string of the molecule is CS(=O)(=O)c1cccnc1NCc1ccccc1O. The minimum Gasteiger partial charge on any atom is -0.508 e. The van der Waals surface area contributed by atoms with Crippen molar-refractivity contribution in [2.24, 2.45) is 0 Å². The fourth-order valence-corrected chi connectivity index (χ4v) is 2.46. The van der Waals surface area contributed by atoms with Gasteiger partial charge in [-0.25, -0.2) is 13.4 Å². The van der Waals surface area contributed by atoms with Gasteiger partial charge in [0.15, 0.2) is 9.84 Å². The smallest absolute Gasteiger partial charge is 0.179 e. The molecule has 2 N–H and O–H groups in total. The van der Waals surface area contributed by atoms with E-state index in [-0.39, 0.29) is 16.5 Å². The van der Waals surface area contributed by atoms with Crippen LogP contribution >= 0.6 is 0 Å². The number of hydrogen-bond acceptors (Lipinski definition) is 5. The highest BCUT2D eigenvalue weighted by molar-refractivity contribution is 7.90. The van der Waals surface area contributed by atoms with E-state index >= 15 is 0 Å². The molecule has 6 heteroatoms. The average Bonchev–Trinajstić information content (AvgIpc) is 2.37. The summed E-state index contributed by atoms with van der Waals surface area (Å²) in [6.07, 6.45) is 2.65. The topological polar surface area (TPSA) is 79.3 Å². The van der Waals surface area contributed by atoms with E-state index < -0.39 is 9.84 Å². The van der Waals surface area contributed by atoms with Gasteiger partial charge in [0.1, 0.15) is 16.5 Å². The molecule has 0 atom stereocenters. The van der Waals surface area contributed by atoms with Crippen molar-refractivity contribution in [2.45, 2.75) is 11.4 Å². The quantitative estimate of drug-likeness (QED) is 0.891. The van der Waals surface area contributed by atoms with Gasteiger partial charge in [0.25, 0.3) is 0 Å². The number of pyridine rings is 1. The Labute approximate surface area is 111 Å². The van der Waals surface area contributed by atoms with Crippen molar-refractivity contribution in [1.82, 2.24) is 4.98 Å². The maximum atomic E-state index is 11.6. The Morgan fingerprint density at radius 3 is 2.63 bits per heavy atom. The minimum atomic E-state index is -3.34. The molecule has 1 heterocycles. The van der Waals surface area contributed by atoms with Gasteiger partial charge in [0, 0.05) is 24.6 Å². The zero-order valence-corrected chi connectivity index (χ0v) is 11.2. The van der Waals surface area contributed by atoms with Gasteiger partial charge in [-0.05, 0) is 18.2 Å². The van der Waals surface area contributed by atoms with Crippen LogP contribution in [0.2, 0.25) is 0 Å². The number of phenols is 1. The summed E-state index contributed by atoms with van der Waals surface area (Å²) >= 11 is 0. The Kier molecular flexibility index (Phi) is 3.71. The number of nitrogens with one attached hydrogen (secondary N) is 1. The molecule has 0 unspecified atom stereocenters. The lowest BCUT2D eigenvalue weighted by molar-refractivity contribution is 0.469. The molecule has 0 saturated carbocycles. The van der Waals surface area contributed by atoms with Gasteiger partial charge < -0.3 is 10.4 Å². The standard InChI is InChI=1S/C13H14N2O3S/c1-19(17,18)12-7-4-8-14-13(12)15-9-10-5-2-3-6-11(10)16/h2-8,16H,9H2,1H3,(H,14,15). The second kappa shape index (κ2) is 5.27. The van der Waals surface area contributed by atoms with Crippen LogP contribution in [0, 0.1) is 0 Å². The number of nitrogens with zero attached hydrogens (tertiary/aromatic N) is 1. The summed E-state index contributed by atoms with van der Waals surface area (Å²) in [5.74, 6) is 0.445. The molecule has 0 amide bonds. The first kappa shape index (κ1) is 13.4. The highest BCUT2D eigenvalue weighted by Gasteiger charge is 2.13. The lowest BCUT2D eigenvalue weighted by Crippen LogP contribution is -2.07. The third-order valence-corrected chi connectivity index (χ3v) is 3.74. The Hall–Kier alpha value is -2.08. The highest BCUT2D eigenvalue weighted by atomic mass is 32.2. The third kappa shape index (κ3) is 3.23. The van der Waals surface area contributed by atoms with Crippen LogP contribution in [-0.2, 0) is 16.4 Å². The van der Waals surface area contributed by atoms with Crippen LogP contribution < -0.4 is 5.32 Å².